The van der Waals surface area contributed by atoms with Crippen LogP contribution in [-0.4, -0.2) is 317 Å². The van der Waals surface area contributed by atoms with Gasteiger partial charge in [-0.3, -0.25) is 91.2 Å². The normalized spacial score (nSPS) is 25.2. The van der Waals surface area contributed by atoms with Gasteiger partial charge in [-0.2, -0.15) is 0 Å². The molecule has 3 aromatic heterocycles. The molecule has 712 valence electrons. The number of H-pyrrole nitrogens is 3. The third kappa shape index (κ3) is 25.6. The van der Waals surface area contributed by atoms with Crippen LogP contribution in [0.3, 0.4) is 0 Å². The first-order valence-corrected chi connectivity index (χ1v) is 44.8. The van der Waals surface area contributed by atoms with Crippen molar-refractivity contribution in [2.75, 3.05) is 70.5 Å². The second-order valence-corrected chi connectivity index (χ2v) is 34.2. The van der Waals surface area contributed by atoms with Crippen molar-refractivity contribution >= 4 is 146 Å². The topological polar surface area (TPSA) is 652 Å². The average molecular weight is 1850 g/mol. The first kappa shape index (κ1) is 101. The van der Waals surface area contributed by atoms with Crippen LogP contribution >= 0.6 is 11.8 Å². The highest BCUT2D eigenvalue weighted by atomic mass is 32.2. The lowest BCUT2D eigenvalue weighted by atomic mass is 9.95. The Morgan fingerprint density at radius 3 is 1.72 bits per heavy atom. The minimum atomic E-state index is -1.93. The molecule has 6 aromatic rings. The van der Waals surface area contributed by atoms with Gasteiger partial charge in [0.25, 0.3) is 5.91 Å². The number of para-hydroxylation sites is 2. The van der Waals surface area contributed by atoms with Gasteiger partial charge >= 0.3 is 0 Å². The van der Waals surface area contributed by atoms with Gasteiger partial charge < -0.3 is 125 Å². The number of aliphatic hydroxyl groups excluding tert-OH is 3. The van der Waals surface area contributed by atoms with Gasteiger partial charge in [0.2, 0.25) is 100 Å². The van der Waals surface area contributed by atoms with Gasteiger partial charge in [-0.15, -0.1) is 11.8 Å². The Labute approximate surface area is 762 Å². The number of nitrogens with one attached hydrogen (secondary N) is 13. The number of methoxy groups -OCH3 is 1. The van der Waals surface area contributed by atoms with Gasteiger partial charge in [-0.05, 0) is 73.9 Å². The van der Waals surface area contributed by atoms with Crippen LogP contribution in [-0.2, 0) is 112 Å². The largest absolute Gasteiger partial charge is 0.497 e. The summed E-state index contributed by atoms with van der Waals surface area (Å²) < 4.78 is 5.49. The summed E-state index contributed by atoms with van der Waals surface area (Å²) in [5, 5.41) is 60.2. The number of aliphatic hydroxyl groups is 3. The number of anilines is 1. The maximum Gasteiger partial charge on any atom is 0.250 e. The number of primary amides is 3. The summed E-state index contributed by atoms with van der Waals surface area (Å²) in [6.45, 7) is 1.20. The third-order valence-electron chi connectivity index (χ3n) is 23.8. The lowest BCUT2D eigenvalue weighted by Crippen LogP contribution is -2.62. The Bertz CT molecular complexity index is 5240. The number of nitrogens with zero attached hydrogens (tertiary/aromatic N) is 6. The maximum absolute atomic E-state index is 15.6. The highest BCUT2D eigenvalue weighted by Gasteiger charge is 2.48. The van der Waals surface area contributed by atoms with E-state index in [0.717, 1.165) is 36.3 Å². The molecule has 3 saturated heterocycles. The highest BCUT2D eigenvalue weighted by molar-refractivity contribution is 8.00. The fraction of sp³-hybridized carbons (Fsp3) is 0.506. The summed E-state index contributed by atoms with van der Waals surface area (Å²) in [7, 11) is 3.95. The number of aromatic amines is 3. The first-order chi connectivity index (χ1) is 63.1. The number of thioether (sulfide) groups is 1. The van der Waals surface area contributed by atoms with E-state index in [2.05, 4.69) is 73.1 Å². The molecule has 15 atom stereocenters. The molecular weight excluding hydrogens is 1740 g/mol. The van der Waals surface area contributed by atoms with Gasteiger partial charge in [0.05, 0.1) is 62.9 Å². The predicted octanol–water partition coefficient (Wildman–Crippen LogP) is -4.79. The van der Waals surface area contributed by atoms with E-state index in [9.17, 15) is 63.3 Å². The molecule has 0 saturated carbocycles. The fourth-order valence-corrected chi connectivity index (χ4v) is 17.5. The van der Waals surface area contributed by atoms with Crippen LogP contribution in [0.15, 0.2) is 91.6 Å². The number of fused-ring (bicyclic) bond motifs is 8. The molecule has 3 fully saturated rings. The van der Waals surface area contributed by atoms with Crippen LogP contribution in [0.2, 0.25) is 0 Å². The minimum Gasteiger partial charge on any atom is -0.497 e. The third-order valence-corrected chi connectivity index (χ3v) is 24.8. The van der Waals surface area contributed by atoms with E-state index >= 15 is 38.4 Å². The van der Waals surface area contributed by atoms with Crippen molar-refractivity contribution in [3.05, 3.63) is 114 Å². The molecule has 3 aromatic carbocycles. The quantitative estimate of drug-likeness (QED) is 0.0286. The predicted molar refractivity (Wildman–Crippen MR) is 476 cm³/mol. The molecular formula is C87H116N22O22S. The Hall–Kier alpha value is -13.6. The number of amides is 18. The van der Waals surface area contributed by atoms with Crippen molar-refractivity contribution in [2.24, 2.45) is 17.2 Å². The summed E-state index contributed by atoms with van der Waals surface area (Å²) in [5.41, 5.74) is 19.6. The van der Waals surface area contributed by atoms with Gasteiger partial charge in [-0.25, -0.2) is 4.98 Å². The van der Waals surface area contributed by atoms with Crippen LogP contribution in [0.5, 0.6) is 5.75 Å². The van der Waals surface area contributed by atoms with E-state index in [1.54, 1.807) is 80.0 Å². The average Bonchev–Trinajstić information content (AvgIpc) is 0.886. The van der Waals surface area contributed by atoms with Gasteiger partial charge in [0.1, 0.15) is 90.3 Å². The smallest absolute Gasteiger partial charge is 0.250 e. The molecule has 22 N–H and O–H groups in total. The molecule has 0 unspecified atom stereocenters. The minimum absolute atomic E-state index is 0.0303. The molecule has 0 radical (unpaired) electrons. The van der Waals surface area contributed by atoms with Gasteiger partial charge in [0.15, 0.2) is 0 Å². The molecule has 45 heteroatoms. The number of carbonyl (C=O) groups is 18. The van der Waals surface area contributed by atoms with Crippen molar-refractivity contribution in [1.82, 2.24) is 92.7 Å². The van der Waals surface area contributed by atoms with E-state index in [4.69, 9.17) is 21.9 Å². The van der Waals surface area contributed by atoms with Gasteiger partial charge in [-0.1, -0.05) is 82.0 Å². The van der Waals surface area contributed by atoms with Crippen molar-refractivity contribution in [2.45, 2.75) is 214 Å². The number of imidazole rings is 1. The molecule has 44 nitrogen and oxygen atoms in total. The number of benzene rings is 3. The Kier molecular flexibility index (Phi) is 35.7. The molecule has 10 rings (SSSR count). The number of nitrogens with two attached hydrogens (primary N) is 3. The number of hydrogen-bond donors (Lipinski definition) is 19. The zero-order chi connectivity index (χ0) is 95.9. The summed E-state index contributed by atoms with van der Waals surface area (Å²) in [5.74, 6) is -18.8. The standard InChI is InChI=1S/C87H116N22O22S/c1-7-9-20-65-80(123)103-63(41-111)79(122)104-64(75(118)94-38-72(90)115)42-132-43-73(116)96-60-28-46-23-24-51(131-6)33-68(46)109(86(60)129)45(3)74(117)100-61(34-71(89)114)85(128)107-27-15-22-66(107)81(124)99-58(31-49-37-91-44-95-49)77(120)97-56(25-26-70(88)113)84(127)108-39-50(112)32-69(108)82(125)98-57(29-47-35-92-54-18-13-11-16-52(47)54)76(119)102-62(40-110)78(121)101-59(30-48-36-93-55-19-14-12-17-53(48)55)83(126)106(5)67(21-10-8-2)87(130)105(65)4/h11-14,16-19,23-24,33,35-37,44-45,50,56-67,69,92-93,110-112H,7-10,15,20-22,25-32,34,38-43H2,1-6H3,(H2,88,113)(H2,89,114)(H2,90,115)(H,91,95)(H,94,118)(H,96,116)(H,97,120)(H,98,125)(H,99,124)(H,100,117)(H,101,121)(H,102,119)(H,103,123)(H,104,122)/t45-,50+,56-,57-,58-,59-,60-,61-,62-,63-,64-,65-,66-,67-,69-/m0/s1. The van der Waals surface area contributed by atoms with E-state index in [1.807, 2.05) is 6.92 Å². The number of unbranched alkanes of at least 4 members (excludes halogenated alkanes) is 2. The monoisotopic (exact) mass is 1850 g/mol. The molecule has 2 bridgehead atoms. The van der Waals surface area contributed by atoms with Crippen molar-refractivity contribution < 1.29 is 106 Å². The Balaban J connectivity index is 1.01. The van der Waals surface area contributed by atoms with Crippen LogP contribution < -0.4 is 80.0 Å². The fourth-order valence-electron chi connectivity index (χ4n) is 16.6. The molecule has 4 aliphatic rings. The second kappa shape index (κ2) is 46.8. The Morgan fingerprint density at radius 1 is 0.568 bits per heavy atom. The number of rotatable bonds is 23. The second-order valence-electron chi connectivity index (χ2n) is 33.1. The molecule has 18 amide bonds. The first-order valence-electron chi connectivity index (χ1n) is 43.6. The highest BCUT2D eigenvalue weighted by Crippen LogP contribution is 2.35. The number of ether oxygens (including phenoxy) is 1. The van der Waals surface area contributed by atoms with Crippen LogP contribution in [0.4, 0.5) is 5.69 Å². The zero-order valence-corrected chi connectivity index (χ0v) is 74.8. The number of carbonyl (C=O) groups excluding carboxylic acids is 18. The van der Waals surface area contributed by atoms with Crippen molar-refractivity contribution in [3.63, 3.8) is 0 Å². The van der Waals surface area contributed by atoms with Gasteiger partial charge in [0, 0.05) is 118 Å². The lowest BCUT2D eigenvalue weighted by molar-refractivity contribution is -0.149. The number of hydrogen-bond acceptors (Lipinski definition) is 24. The summed E-state index contributed by atoms with van der Waals surface area (Å²) >= 11 is 0.743. The number of likely N-dealkylation sites (N-methyl/N-ethyl adjacent to an activating group) is 2. The SMILES string of the molecule is CCCC[C@H]1C(=O)N(C)[C@@H](CCCC)C(=O)N[C@@H](CO)C(=O)N[C@H](C(=O)NCC(N)=O)CSCC(=O)N[C@H]2Cc3ccc(OC)cc3N(C2=O)[C@@H](C)C(=O)N[C@@H](CC(N)=O)C(=O)N2CCC[C@H]2C(=O)N[C@@H](Cc2c[nH]cn2)C(=O)N[C@@H](CCC(N)=O)C(=O)N2C[C@H](O)C[C@H]2C(=O)N[C@@H](Cc2c[nH]c3ccccc23)C(=O)N[C@@H](CO)C(=O)N[C@@H](Cc2c[nH]c3ccccc23)C(=O)N1C. The molecule has 0 aliphatic carbocycles. The van der Waals surface area contributed by atoms with E-state index in [0.29, 0.717) is 64.2 Å². The van der Waals surface area contributed by atoms with Crippen molar-refractivity contribution in [3.8, 4) is 5.75 Å². The lowest BCUT2D eigenvalue weighted by Gasteiger charge is -2.38. The van der Waals surface area contributed by atoms with Crippen LogP contribution in [0.1, 0.15) is 120 Å². The Morgan fingerprint density at radius 2 is 1.12 bits per heavy atom. The summed E-state index contributed by atoms with van der Waals surface area (Å²) in [6.07, 6.45) is 2.24. The summed E-state index contributed by atoms with van der Waals surface area (Å²) in [4.78, 5) is 280. The maximum atomic E-state index is 15.6. The van der Waals surface area contributed by atoms with E-state index in [1.165, 1.54) is 46.7 Å². The summed E-state index contributed by atoms with van der Waals surface area (Å²) in [6, 6.07) is -4.56. The number of aromatic nitrogens is 4. The molecule has 4 aliphatic heterocycles. The molecule has 132 heavy (non-hydrogen) atoms. The zero-order valence-electron chi connectivity index (χ0n) is 74.0. The van der Waals surface area contributed by atoms with Crippen LogP contribution in [0, 0.1) is 0 Å². The van der Waals surface area contributed by atoms with Crippen LogP contribution in [0.25, 0.3) is 21.8 Å². The van der Waals surface area contributed by atoms with E-state index < -0.39 is 267 Å². The molecule has 0 spiro atoms. The van der Waals surface area contributed by atoms with E-state index in [-0.39, 0.29) is 68.6 Å². The van der Waals surface area contributed by atoms with Crippen molar-refractivity contribution in [1.29, 1.82) is 0 Å². The molecule has 7 heterocycles.